The average molecular weight is 249 g/mol. The van der Waals surface area contributed by atoms with Crippen molar-refractivity contribution in [3.05, 3.63) is 35.4 Å². The van der Waals surface area contributed by atoms with Crippen molar-refractivity contribution in [1.29, 1.82) is 0 Å². The van der Waals surface area contributed by atoms with Gasteiger partial charge in [-0.2, -0.15) is 0 Å². The zero-order valence-electron chi connectivity index (χ0n) is 11.7. The maximum atomic E-state index is 12.0. The summed E-state index contributed by atoms with van der Waals surface area (Å²) in [5, 5.41) is 0. The zero-order chi connectivity index (χ0) is 13.8. The summed E-state index contributed by atoms with van der Waals surface area (Å²) in [5.41, 5.74) is 7.81. The highest BCUT2D eigenvalue weighted by molar-refractivity contribution is 5.99. The van der Waals surface area contributed by atoms with E-state index in [4.69, 9.17) is 10.5 Å². The average Bonchev–Trinajstić information content (AvgIpc) is 2.34. The number of hydrogen-bond acceptors (Lipinski definition) is 3. The van der Waals surface area contributed by atoms with Gasteiger partial charge >= 0.3 is 0 Å². The maximum absolute atomic E-state index is 12.0. The summed E-state index contributed by atoms with van der Waals surface area (Å²) in [6.07, 6.45) is 0.552. The molecule has 0 aliphatic heterocycles. The molecule has 1 rings (SSSR count). The lowest BCUT2D eigenvalue weighted by Crippen LogP contribution is -2.31. The van der Waals surface area contributed by atoms with Crippen molar-refractivity contribution in [3.63, 3.8) is 0 Å². The summed E-state index contributed by atoms with van der Waals surface area (Å²) in [7, 11) is 1.61. The van der Waals surface area contributed by atoms with Crippen LogP contribution in [-0.2, 0) is 10.2 Å². The summed E-state index contributed by atoms with van der Waals surface area (Å²) < 4.78 is 4.93. The molecule has 0 radical (unpaired) electrons. The van der Waals surface area contributed by atoms with E-state index in [1.165, 1.54) is 5.56 Å². The molecule has 2 N–H and O–H groups in total. The van der Waals surface area contributed by atoms with Gasteiger partial charge in [-0.25, -0.2) is 0 Å². The highest BCUT2D eigenvalue weighted by atomic mass is 16.5. The van der Waals surface area contributed by atoms with Crippen LogP contribution in [0.5, 0.6) is 0 Å². The number of ether oxygens (including phenoxy) is 1. The van der Waals surface area contributed by atoms with Crippen molar-refractivity contribution >= 4 is 5.78 Å². The molecule has 0 saturated heterocycles. The molecule has 18 heavy (non-hydrogen) atoms. The Morgan fingerprint density at radius 3 is 2.28 bits per heavy atom. The van der Waals surface area contributed by atoms with E-state index in [2.05, 4.69) is 20.8 Å². The molecule has 0 heterocycles. The van der Waals surface area contributed by atoms with E-state index >= 15 is 0 Å². The largest absolute Gasteiger partial charge is 0.385 e. The smallest absolute Gasteiger partial charge is 0.179 e. The molecule has 100 valence electrons. The van der Waals surface area contributed by atoms with Gasteiger partial charge < -0.3 is 10.5 Å². The highest BCUT2D eigenvalue weighted by Gasteiger charge is 2.17. The number of Topliss-reactive ketones (excluding diaryl/α,β-unsaturated/α-hetero) is 1. The Hall–Kier alpha value is -1.19. The molecule has 0 amide bonds. The third-order valence-corrected chi connectivity index (χ3v) is 3.01. The molecule has 1 aromatic rings. The monoisotopic (exact) mass is 249 g/mol. The fraction of sp³-hybridized carbons (Fsp3) is 0.533. The molecule has 0 fully saturated rings. The Morgan fingerprint density at radius 2 is 1.83 bits per heavy atom. The van der Waals surface area contributed by atoms with Crippen molar-refractivity contribution in [2.75, 3.05) is 13.7 Å². The molecule has 0 spiro atoms. The second-order valence-electron chi connectivity index (χ2n) is 5.58. The lowest BCUT2D eigenvalue weighted by atomic mass is 9.86. The van der Waals surface area contributed by atoms with E-state index < -0.39 is 6.04 Å². The quantitative estimate of drug-likeness (QED) is 0.816. The first-order valence-electron chi connectivity index (χ1n) is 6.25. The summed E-state index contributed by atoms with van der Waals surface area (Å²) >= 11 is 0. The van der Waals surface area contributed by atoms with Crippen molar-refractivity contribution in [2.24, 2.45) is 5.73 Å². The predicted octanol–water partition coefficient (Wildman–Crippen LogP) is 2.53. The van der Waals surface area contributed by atoms with E-state index in [-0.39, 0.29) is 11.2 Å². The van der Waals surface area contributed by atoms with E-state index in [1.807, 2.05) is 24.3 Å². The normalized spacial score (nSPS) is 13.4. The molecule has 0 saturated carbocycles. The van der Waals surface area contributed by atoms with Gasteiger partial charge in [0.15, 0.2) is 5.78 Å². The molecule has 3 heteroatoms. The maximum Gasteiger partial charge on any atom is 0.179 e. The van der Waals surface area contributed by atoms with Crippen LogP contribution >= 0.6 is 0 Å². The molecule has 0 aromatic heterocycles. The summed E-state index contributed by atoms with van der Waals surface area (Å²) in [5.74, 6) is -0.0208. The molecule has 1 atom stereocenters. The van der Waals surface area contributed by atoms with Crippen LogP contribution in [0.4, 0.5) is 0 Å². The summed E-state index contributed by atoms with van der Waals surface area (Å²) in [6.45, 7) is 6.95. The fourth-order valence-electron chi connectivity index (χ4n) is 1.72. The minimum absolute atomic E-state index is 0.0208. The molecular formula is C15H23NO2. The summed E-state index contributed by atoms with van der Waals surface area (Å²) in [4.78, 5) is 12.0. The van der Waals surface area contributed by atoms with Gasteiger partial charge in [0.05, 0.1) is 6.04 Å². The van der Waals surface area contributed by atoms with Crippen LogP contribution in [0.2, 0.25) is 0 Å². The Kier molecular flexibility index (Phi) is 5.05. The Bertz CT molecular complexity index is 390. The van der Waals surface area contributed by atoms with Gasteiger partial charge in [-0.1, -0.05) is 45.0 Å². The van der Waals surface area contributed by atoms with Gasteiger partial charge in [-0.3, -0.25) is 4.79 Å². The minimum atomic E-state index is -0.481. The second kappa shape index (κ2) is 6.12. The van der Waals surface area contributed by atoms with Gasteiger partial charge in [0.1, 0.15) is 0 Å². The van der Waals surface area contributed by atoms with Crippen LogP contribution in [0, 0.1) is 0 Å². The number of nitrogens with two attached hydrogens (primary N) is 1. The van der Waals surface area contributed by atoms with Gasteiger partial charge in [0, 0.05) is 19.3 Å². The van der Waals surface area contributed by atoms with E-state index in [0.29, 0.717) is 18.6 Å². The summed E-state index contributed by atoms with van der Waals surface area (Å²) in [6, 6.07) is 7.22. The second-order valence-corrected chi connectivity index (χ2v) is 5.58. The Labute approximate surface area is 109 Å². The molecule has 1 aromatic carbocycles. The molecule has 0 bridgehead atoms. The van der Waals surface area contributed by atoms with Crippen LogP contribution in [-0.4, -0.2) is 25.5 Å². The first kappa shape index (κ1) is 14.9. The first-order valence-corrected chi connectivity index (χ1v) is 6.25. The third kappa shape index (κ3) is 3.93. The van der Waals surface area contributed by atoms with E-state index in [9.17, 15) is 4.79 Å². The van der Waals surface area contributed by atoms with Crippen LogP contribution in [0.15, 0.2) is 24.3 Å². The minimum Gasteiger partial charge on any atom is -0.385 e. The van der Waals surface area contributed by atoms with Gasteiger partial charge in [0.2, 0.25) is 0 Å². The third-order valence-electron chi connectivity index (χ3n) is 3.01. The molecule has 3 nitrogen and oxygen atoms in total. The van der Waals surface area contributed by atoms with Crippen molar-refractivity contribution in [1.82, 2.24) is 0 Å². The molecule has 0 aliphatic carbocycles. The van der Waals surface area contributed by atoms with Gasteiger partial charge in [-0.15, -0.1) is 0 Å². The Morgan fingerprint density at radius 1 is 1.28 bits per heavy atom. The van der Waals surface area contributed by atoms with Gasteiger partial charge in [0.25, 0.3) is 0 Å². The topological polar surface area (TPSA) is 52.3 Å². The number of carbonyl (C=O) groups excluding carboxylic acids is 1. The SMILES string of the molecule is COCCC(N)C(=O)c1ccc(C(C)(C)C)cc1. The molecular weight excluding hydrogens is 226 g/mol. The van der Waals surface area contributed by atoms with Crippen molar-refractivity contribution in [3.8, 4) is 0 Å². The van der Waals surface area contributed by atoms with Crippen molar-refractivity contribution < 1.29 is 9.53 Å². The van der Waals surface area contributed by atoms with E-state index in [1.54, 1.807) is 7.11 Å². The number of rotatable bonds is 5. The van der Waals surface area contributed by atoms with Gasteiger partial charge in [-0.05, 0) is 17.4 Å². The van der Waals surface area contributed by atoms with Crippen LogP contribution in [0.25, 0.3) is 0 Å². The van der Waals surface area contributed by atoms with E-state index in [0.717, 1.165) is 0 Å². The fourth-order valence-corrected chi connectivity index (χ4v) is 1.72. The first-order chi connectivity index (χ1) is 8.36. The Balaban J connectivity index is 2.76. The highest BCUT2D eigenvalue weighted by Crippen LogP contribution is 2.22. The number of ketones is 1. The number of methoxy groups -OCH3 is 1. The number of hydrogen-bond donors (Lipinski definition) is 1. The van der Waals surface area contributed by atoms with Crippen LogP contribution in [0.3, 0.4) is 0 Å². The number of benzene rings is 1. The lowest BCUT2D eigenvalue weighted by molar-refractivity contribution is 0.0935. The predicted molar refractivity (Wildman–Crippen MR) is 73.9 cm³/mol. The van der Waals surface area contributed by atoms with Crippen LogP contribution in [0.1, 0.15) is 43.1 Å². The molecule has 1 unspecified atom stereocenters. The lowest BCUT2D eigenvalue weighted by Gasteiger charge is -2.19. The number of carbonyl (C=O) groups is 1. The standard InChI is InChI=1S/C15H23NO2/c1-15(2,3)12-7-5-11(6-8-12)14(17)13(16)9-10-18-4/h5-8,13H,9-10,16H2,1-4H3. The van der Waals surface area contributed by atoms with Crippen molar-refractivity contribution in [2.45, 2.75) is 38.6 Å². The molecule has 0 aliphatic rings. The van der Waals surface area contributed by atoms with Crippen LogP contribution < -0.4 is 5.73 Å². The zero-order valence-corrected chi connectivity index (χ0v) is 11.7.